The van der Waals surface area contributed by atoms with Gasteiger partial charge in [0.05, 0.1) is 5.56 Å². The van der Waals surface area contributed by atoms with Crippen LogP contribution < -0.4 is 10.2 Å². The number of aromatic amines is 1. The third-order valence-electron chi connectivity index (χ3n) is 2.39. The number of para-hydroxylation sites is 1. The number of nitrogens with one attached hydrogen (secondary N) is 1. The maximum absolute atomic E-state index is 11.8. The molecule has 0 saturated heterocycles. The fourth-order valence-corrected chi connectivity index (χ4v) is 1.47. The monoisotopic (exact) mass is 245 g/mol. The van der Waals surface area contributed by atoms with Gasteiger partial charge in [-0.25, -0.2) is 4.79 Å². The molecule has 2 aromatic rings. The molecule has 1 aromatic heterocycles. The van der Waals surface area contributed by atoms with E-state index in [2.05, 4.69) is 4.98 Å². The largest absolute Gasteiger partial charge is 0.489 e. The normalized spacial score (nSPS) is 10.0. The highest BCUT2D eigenvalue weighted by Crippen LogP contribution is 2.10. The van der Waals surface area contributed by atoms with Crippen LogP contribution in [-0.2, 0) is 6.61 Å². The van der Waals surface area contributed by atoms with Gasteiger partial charge in [0.2, 0.25) is 5.43 Å². The zero-order chi connectivity index (χ0) is 13.0. The molecule has 0 aliphatic rings. The Kier molecular flexibility index (Phi) is 3.43. The van der Waals surface area contributed by atoms with Crippen LogP contribution in [-0.4, -0.2) is 16.1 Å². The van der Waals surface area contributed by atoms with E-state index in [4.69, 9.17) is 9.84 Å². The summed E-state index contributed by atoms with van der Waals surface area (Å²) in [6.45, 7) is 0.0282. The van der Waals surface area contributed by atoms with Crippen LogP contribution in [0, 0.1) is 0 Å². The standard InChI is InChI=1S/C13H11NO4/c15-12-9(6-14-7-11(12)13(16)17)8-18-10-4-2-1-3-5-10/h1-7H,8H2,(H,14,15)(H,16,17). The van der Waals surface area contributed by atoms with Gasteiger partial charge in [-0.2, -0.15) is 0 Å². The van der Waals surface area contributed by atoms with E-state index in [0.29, 0.717) is 5.75 Å². The predicted molar refractivity (Wildman–Crippen MR) is 64.8 cm³/mol. The molecule has 0 bridgehead atoms. The van der Waals surface area contributed by atoms with Gasteiger partial charge in [-0.15, -0.1) is 0 Å². The van der Waals surface area contributed by atoms with Crippen LogP contribution in [0.1, 0.15) is 15.9 Å². The van der Waals surface area contributed by atoms with E-state index in [9.17, 15) is 9.59 Å². The second-order valence-electron chi connectivity index (χ2n) is 3.63. The van der Waals surface area contributed by atoms with Crippen LogP contribution in [0.15, 0.2) is 47.5 Å². The molecule has 2 N–H and O–H groups in total. The van der Waals surface area contributed by atoms with Gasteiger partial charge < -0.3 is 14.8 Å². The number of aromatic carboxylic acids is 1. The van der Waals surface area contributed by atoms with Crippen molar-refractivity contribution in [3.8, 4) is 5.75 Å². The number of carbonyl (C=O) groups is 1. The summed E-state index contributed by atoms with van der Waals surface area (Å²) in [7, 11) is 0. The van der Waals surface area contributed by atoms with Crippen LogP contribution >= 0.6 is 0 Å². The van der Waals surface area contributed by atoms with Gasteiger partial charge in [-0.3, -0.25) is 4.79 Å². The lowest BCUT2D eigenvalue weighted by Gasteiger charge is -2.05. The number of benzene rings is 1. The first-order valence-electron chi connectivity index (χ1n) is 5.29. The van der Waals surface area contributed by atoms with E-state index in [-0.39, 0.29) is 17.7 Å². The molecule has 0 radical (unpaired) electrons. The number of carboxylic acids is 1. The Hall–Kier alpha value is -2.56. The van der Waals surface area contributed by atoms with Gasteiger partial charge in [-0.1, -0.05) is 18.2 Å². The first-order chi connectivity index (χ1) is 8.68. The maximum Gasteiger partial charge on any atom is 0.341 e. The van der Waals surface area contributed by atoms with Crippen LogP contribution in [0.2, 0.25) is 0 Å². The minimum absolute atomic E-state index is 0.0282. The number of rotatable bonds is 4. The second-order valence-corrected chi connectivity index (χ2v) is 3.63. The third-order valence-corrected chi connectivity index (χ3v) is 2.39. The molecule has 5 nitrogen and oxygen atoms in total. The van der Waals surface area contributed by atoms with Crippen molar-refractivity contribution in [1.82, 2.24) is 4.98 Å². The Labute approximate surface area is 103 Å². The Morgan fingerprint density at radius 1 is 1.22 bits per heavy atom. The zero-order valence-electron chi connectivity index (χ0n) is 9.42. The molecule has 0 amide bonds. The molecule has 0 fully saturated rings. The highest BCUT2D eigenvalue weighted by molar-refractivity contribution is 5.87. The number of ether oxygens (including phenoxy) is 1. The van der Waals surface area contributed by atoms with Gasteiger partial charge in [0.15, 0.2) is 0 Å². The van der Waals surface area contributed by atoms with Gasteiger partial charge in [0.25, 0.3) is 0 Å². The van der Waals surface area contributed by atoms with Gasteiger partial charge in [-0.05, 0) is 12.1 Å². The van der Waals surface area contributed by atoms with E-state index in [0.717, 1.165) is 6.20 Å². The van der Waals surface area contributed by atoms with E-state index in [1.165, 1.54) is 6.20 Å². The molecule has 5 heteroatoms. The number of hydrogen-bond donors (Lipinski definition) is 2. The molecule has 92 valence electrons. The smallest absolute Gasteiger partial charge is 0.341 e. The average Bonchev–Trinajstić information content (AvgIpc) is 2.38. The summed E-state index contributed by atoms with van der Waals surface area (Å²) >= 11 is 0. The topological polar surface area (TPSA) is 79.4 Å². The lowest BCUT2D eigenvalue weighted by molar-refractivity contribution is 0.0695. The molecule has 18 heavy (non-hydrogen) atoms. The Bertz CT molecular complexity index is 604. The van der Waals surface area contributed by atoms with Crippen molar-refractivity contribution in [3.63, 3.8) is 0 Å². The third kappa shape index (κ3) is 2.57. The van der Waals surface area contributed by atoms with Crippen molar-refractivity contribution < 1.29 is 14.6 Å². The first kappa shape index (κ1) is 11.9. The molecule has 1 aromatic carbocycles. The van der Waals surface area contributed by atoms with E-state index in [1.807, 2.05) is 18.2 Å². The number of hydrogen-bond acceptors (Lipinski definition) is 3. The van der Waals surface area contributed by atoms with E-state index >= 15 is 0 Å². The van der Waals surface area contributed by atoms with Crippen molar-refractivity contribution in [1.29, 1.82) is 0 Å². The summed E-state index contributed by atoms with van der Waals surface area (Å²) in [6, 6.07) is 9.00. The summed E-state index contributed by atoms with van der Waals surface area (Å²) in [5.74, 6) is -0.629. The summed E-state index contributed by atoms with van der Waals surface area (Å²) in [5.41, 5.74) is -0.542. The van der Waals surface area contributed by atoms with Crippen molar-refractivity contribution in [3.05, 3.63) is 64.1 Å². The molecule has 1 heterocycles. The average molecular weight is 245 g/mol. The Morgan fingerprint density at radius 3 is 2.61 bits per heavy atom. The highest BCUT2D eigenvalue weighted by Gasteiger charge is 2.11. The number of aromatic nitrogens is 1. The highest BCUT2D eigenvalue weighted by atomic mass is 16.5. The molecular formula is C13H11NO4. The fraction of sp³-hybridized carbons (Fsp3) is 0.0769. The van der Waals surface area contributed by atoms with Gasteiger partial charge in [0, 0.05) is 12.4 Å². The molecule has 0 unspecified atom stereocenters. The fourth-order valence-electron chi connectivity index (χ4n) is 1.47. The number of H-pyrrole nitrogens is 1. The van der Waals surface area contributed by atoms with Crippen LogP contribution in [0.3, 0.4) is 0 Å². The van der Waals surface area contributed by atoms with E-state index < -0.39 is 11.4 Å². The van der Waals surface area contributed by atoms with Crippen LogP contribution in [0.5, 0.6) is 5.75 Å². The van der Waals surface area contributed by atoms with Gasteiger partial charge in [0.1, 0.15) is 17.9 Å². The van der Waals surface area contributed by atoms with Crippen molar-refractivity contribution in [2.24, 2.45) is 0 Å². The molecular weight excluding hydrogens is 234 g/mol. The molecule has 2 rings (SSSR count). The predicted octanol–water partition coefficient (Wildman–Crippen LogP) is 1.65. The summed E-state index contributed by atoms with van der Waals surface area (Å²) < 4.78 is 5.39. The zero-order valence-corrected chi connectivity index (χ0v) is 9.42. The SMILES string of the molecule is O=C(O)c1c[nH]cc(COc2ccccc2)c1=O. The number of pyridine rings is 1. The minimum Gasteiger partial charge on any atom is -0.489 e. The molecule has 0 atom stereocenters. The Balaban J connectivity index is 2.18. The summed E-state index contributed by atoms with van der Waals surface area (Å²) in [6.07, 6.45) is 2.61. The summed E-state index contributed by atoms with van der Waals surface area (Å²) in [4.78, 5) is 25.2. The summed E-state index contributed by atoms with van der Waals surface area (Å²) in [5, 5.41) is 8.81. The van der Waals surface area contributed by atoms with Crippen LogP contribution in [0.25, 0.3) is 0 Å². The number of carboxylic acid groups (broad SMARTS) is 1. The van der Waals surface area contributed by atoms with Crippen molar-refractivity contribution >= 4 is 5.97 Å². The minimum atomic E-state index is -1.25. The lowest BCUT2D eigenvalue weighted by Crippen LogP contribution is -2.20. The Morgan fingerprint density at radius 2 is 1.94 bits per heavy atom. The molecule has 0 spiro atoms. The molecule has 0 aliphatic carbocycles. The second kappa shape index (κ2) is 5.18. The lowest BCUT2D eigenvalue weighted by atomic mass is 10.2. The first-order valence-corrected chi connectivity index (χ1v) is 5.29. The van der Waals surface area contributed by atoms with Crippen LogP contribution in [0.4, 0.5) is 0 Å². The van der Waals surface area contributed by atoms with Gasteiger partial charge >= 0.3 is 5.97 Å². The van der Waals surface area contributed by atoms with Crippen molar-refractivity contribution in [2.45, 2.75) is 6.61 Å². The van der Waals surface area contributed by atoms with E-state index in [1.54, 1.807) is 12.1 Å². The maximum atomic E-state index is 11.8. The molecule has 0 saturated carbocycles. The van der Waals surface area contributed by atoms with Crippen molar-refractivity contribution in [2.75, 3.05) is 0 Å². The molecule has 0 aliphatic heterocycles. The quantitative estimate of drug-likeness (QED) is 0.858.